The number of rotatable bonds is 8. The van der Waals surface area contributed by atoms with Gasteiger partial charge >= 0.3 is 0 Å². The molecule has 3 heteroatoms. The molecular formula is C18H25NO2. The summed E-state index contributed by atoms with van der Waals surface area (Å²) in [6.45, 7) is 5.79. The normalized spacial score (nSPS) is 11.1. The van der Waals surface area contributed by atoms with Crippen LogP contribution in [0.15, 0.2) is 29.1 Å². The number of hydrogen-bond acceptors (Lipinski definition) is 2. The van der Waals surface area contributed by atoms with E-state index in [-0.39, 0.29) is 5.56 Å². The van der Waals surface area contributed by atoms with Crippen LogP contribution in [0.25, 0.3) is 10.9 Å². The molecule has 0 aliphatic carbocycles. The maximum Gasteiger partial charge on any atom is 0.251 e. The molecule has 1 heterocycles. The zero-order chi connectivity index (χ0) is 15.1. The highest BCUT2D eigenvalue weighted by Gasteiger charge is 2.08. The van der Waals surface area contributed by atoms with Gasteiger partial charge in [-0.05, 0) is 37.8 Å². The highest BCUT2D eigenvalue weighted by molar-refractivity contribution is 5.82. The number of nitrogens with one attached hydrogen (secondary N) is 1. The van der Waals surface area contributed by atoms with E-state index < -0.39 is 0 Å². The van der Waals surface area contributed by atoms with Crippen molar-refractivity contribution in [3.05, 3.63) is 45.7 Å². The maximum absolute atomic E-state index is 12.2. The number of unbranched alkanes of at least 4 members (excludes halogenated alkanes) is 2. The second-order valence-electron chi connectivity index (χ2n) is 5.53. The van der Waals surface area contributed by atoms with Crippen molar-refractivity contribution in [1.29, 1.82) is 0 Å². The summed E-state index contributed by atoms with van der Waals surface area (Å²) in [6.07, 6.45) is 5.25. The molecule has 1 aromatic carbocycles. The van der Waals surface area contributed by atoms with E-state index >= 15 is 0 Å². The highest BCUT2D eigenvalue weighted by Crippen LogP contribution is 2.17. The first-order valence-corrected chi connectivity index (χ1v) is 7.92. The molecule has 1 N–H and O–H groups in total. The number of fused-ring (bicyclic) bond motifs is 1. The third kappa shape index (κ3) is 4.18. The molecule has 3 nitrogen and oxygen atoms in total. The summed E-state index contributed by atoms with van der Waals surface area (Å²) < 4.78 is 5.61. The van der Waals surface area contributed by atoms with E-state index in [9.17, 15) is 4.79 Å². The molecule has 0 unspecified atom stereocenters. The first kappa shape index (κ1) is 15.8. The van der Waals surface area contributed by atoms with Crippen LogP contribution in [0.4, 0.5) is 0 Å². The number of pyridine rings is 1. The standard InChI is InChI=1S/C18H25NO2/c1-3-4-7-12-21-13-8-10-16-14(2)15-9-5-6-11-17(15)19-18(16)20/h5-6,9,11H,3-4,7-8,10,12-13H2,1-2H3,(H,19,20). The van der Waals surface area contributed by atoms with Crippen molar-refractivity contribution in [3.63, 3.8) is 0 Å². The van der Waals surface area contributed by atoms with Gasteiger partial charge in [0.2, 0.25) is 0 Å². The Morgan fingerprint density at radius 1 is 1.10 bits per heavy atom. The van der Waals surface area contributed by atoms with Crippen LogP contribution in [0, 0.1) is 6.92 Å². The Balaban J connectivity index is 1.94. The van der Waals surface area contributed by atoms with Crippen molar-refractivity contribution in [2.45, 2.75) is 46.0 Å². The van der Waals surface area contributed by atoms with Gasteiger partial charge in [0.1, 0.15) is 0 Å². The zero-order valence-corrected chi connectivity index (χ0v) is 13.1. The number of H-pyrrole nitrogens is 1. The molecule has 21 heavy (non-hydrogen) atoms. The zero-order valence-electron chi connectivity index (χ0n) is 13.1. The smallest absolute Gasteiger partial charge is 0.251 e. The van der Waals surface area contributed by atoms with E-state index in [1.807, 2.05) is 25.1 Å². The van der Waals surface area contributed by atoms with Crippen LogP contribution in [0.3, 0.4) is 0 Å². The minimum Gasteiger partial charge on any atom is -0.381 e. The lowest BCUT2D eigenvalue weighted by atomic mass is 10.0. The monoisotopic (exact) mass is 287 g/mol. The maximum atomic E-state index is 12.2. The predicted octanol–water partition coefficient (Wildman–Crippen LogP) is 3.98. The Kier molecular flexibility index (Phi) is 6.00. The molecule has 2 rings (SSSR count). The van der Waals surface area contributed by atoms with Crippen LogP contribution in [-0.4, -0.2) is 18.2 Å². The van der Waals surface area contributed by atoms with Gasteiger partial charge in [0.25, 0.3) is 5.56 Å². The number of aromatic nitrogens is 1. The third-order valence-corrected chi connectivity index (χ3v) is 3.91. The molecular weight excluding hydrogens is 262 g/mol. The van der Waals surface area contributed by atoms with Gasteiger partial charge in [0, 0.05) is 29.7 Å². The average Bonchev–Trinajstić information content (AvgIpc) is 2.49. The van der Waals surface area contributed by atoms with Gasteiger partial charge in [0.05, 0.1) is 0 Å². The minimum atomic E-state index is 0.0391. The van der Waals surface area contributed by atoms with E-state index in [1.165, 1.54) is 12.8 Å². The number of benzene rings is 1. The highest BCUT2D eigenvalue weighted by atomic mass is 16.5. The lowest BCUT2D eigenvalue weighted by Gasteiger charge is -2.09. The number of aryl methyl sites for hydroxylation is 1. The largest absolute Gasteiger partial charge is 0.381 e. The summed E-state index contributed by atoms with van der Waals surface area (Å²) in [6, 6.07) is 7.96. The Hall–Kier alpha value is -1.61. The fourth-order valence-corrected chi connectivity index (χ4v) is 2.66. The first-order valence-electron chi connectivity index (χ1n) is 7.92. The number of para-hydroxylation sites is 1. The van der Waals surface area contributed by atoms with Crippen LogP contribution < -0.4 is 5.56 Å². The average molecular weight is 287 g/mol. The van der Waals surface area contributed by atoms with Gasteiger partial charge in [-0.2, -0.15) is 0 Å². The molecule has 0 saturated carbocycles. The molecule has 2 aromatic rings. The topological polar surface area (TPSA) is 42.1 Å². The van der Waals surface area contributed by atoms with Gasteiger partial charge < -0.3 is 9.72 Å². The molecule has 0 fully saturated rings. The molecule has 0 spiro atoms. The molecule has 0 aliphatic rings. The first-order chi connectivity index (χ1) is 10.2. The number of hydrogen-bond donors (Lipinski definition) is 1. The van der Waals surface area contributed by atoms with Crippen molar-refractivity contribution in [3.8, 4) is 0 Å². The van der Waals surface area contributed by atoms with E-state index in [2.05, 4.69) is 18.0 Å². The summed E-state index contributed by atoms with van der Waals surface area (Å²) in [5.74, 6) is 0. The van der Waals surface area contributed by atoms with E-state index in [0.29, 0.717) is 0 Å². The van der Waals surface area contributed by atoms with Crippen LogP contribution in [0.1, 0.15) is 43.7 Å². The van der Waals surface area contributed by atoms with E-state index in [1.54, 1.807) is 0 Å². The summed E-state index contributed by atoms with van der Waals surface area (Å²) in [5, 5.41) is 1.14. The lowest BCUT2D eigenvalue weighted by Crippen LogP contribution is -2.15. The Morgan fingerprint density at radius 2 is 1.86 bits per heavy atom. The minimum absolute atomic E-state index is 0.0391. The quantitative estimate of drug-likeness (QED) is 0.746. The van der Waals surface area contributed by atoms with Crippen molar-refractivity contribution in [2.24, 2.45) is 0 Å². The third-order valence-electron chi connectivity index (χ3n) is 3.91. The number of ether oxygens (including phenoxy) is 1. The molecule has 0 saturated heterocycles. The van der Waals surface area contributed by atoms with Crippen molar-refractivity contribution in [2.75, 3.05) is 13.2 Å². The molecule has 0 aliphatic heterocycles. The fraction of sp³-hybridized carbons (Fsp3) is 0.500. The Bertz CT molecular complexity index is 631. The molecule has 114 valence electrons. The van der Waals surface area contributed by atoms with Gasteiger partial charge in [-0.25, -0.2) is 0 Å². The Morgan fingerprint density at radius 3 is 2.67 bits per heavy atom. The van der Waals surface area contributed by atoms with Crippen LogP contribution in [-0.2, 0) is 11.2 Å². The fourth-order valence-electron chi connectivity index (χ4n) is 2.66. The predicted molar refractivity (Wildman–Crippen MR) is 88.0 cm³/mol. The van der Waals surface area contributed by atoms with E-state index in [4.69, 9.17) is 4.74 Å². The second kappa shape index (κ2) is 7.99. The summed E-state index contributed by atoms with van der Waals surface area (Å²) in [4.78, 5) is 15.1. The molecule has 0 atom stereocenters. The lowest BCUT2D eigenvalue weighted by molar-refractivity contribution is 0.128. The molecule has 0 amide bonds. The van der Waals surface area contributed by atoms with Crippen LogP contribution in [0.2, 0.25) is 0 Å². The van der Waals surface area contributed by atoms with Crippen LogP contribution >= 0.6 is 0 Å². The Labute approximate surface area is 126 Å². The molecule has 0 bridgehead atoms. The summed E-state index contributed by atoms with van der Waals surface area (Å²) >= 11 is 0. The van der Waals surface area contributed by atoms with Gasteiger partial charge in [-0.3, -0.25) is 4.79 Å². The summed E-state index contributed by atoms with van der Waals surface area (Å²) in [7, 11) is 0. The van der Waals surface area contributed by atoms with Crippen molar-refractivity contribution >= 4 is 10.9 Å². The molecule has 0 radical (unpaired) electrons. The van der Waals surface area contributed by atoms with Gasteiger partial charge in [-0.15, -0.1) is 0 Å². The SMILES string of the molecule is CCCCCOCCCc1c(C)c2ccccc2[nH]c1=O. The van der Waals surface area contributed by atoms with E-state index in [0.717, 1.165) is 54.5 Å². The number of aromatic amines is 1. The van der Waals surface area contributed by atoms with Gasteiger partial charge in [-0.1, -0.05) is 38.0 Å². The van der Waals surface area contributed by atoms with Crippen molar-refractivity contribution in [1.82, 2.24) is 4.98 Å². The summed E-state index contributed by atoms with van der Waals surface area (Å²) in [5.41, 5.74) is 2.95. The van der Waals surface area contributed by atoms with Crippen molar-refractivity contribution < 1.29 is 4.74 Å². The molecule has 1 aromatic heterocycles. The second-order valence-corrected chi connectivity index (χ2v) is 5.53. The van der Waals surface area contributed by atoms with Crippen LogP contribution in [0.5, 0.6) is 0 Å². The van der Waals surface area contributed by atoms with Gasteiger partial charge in [0.15, 0.2) is 0 Å².